The van der Waals surface area contributed by atoms with Gasteiger partial charge in [0.1, 0.15) is 0 Å². The Kier molecular flexibility index (Phi) is 3.39. The van der Waals surface area contributed by atoms with Gasteiger partial charge in [-0.1, -0.05) is 13.8 Å². The third kappa shape index (κ3) is 2.24. The molecule has 1 heterocycles. The minimum atomic E-state index is -0.979. The Labute approximate surface area is 98.8 Å². The summed E-state index contributed by atoms with van der Waals surface area (Å²) in [5, 5.41) is 10.0. The average Bonchev–Trinajstić information content (AvgIpc) is 1.97. The van der Waals surface area contributed by atoms with Crippen LogP contribution in [0.4, 0.5) is 0 Å². The van der Waals surface area contributed by atoms with Crippen molar-refractivity contribution in [2.24, 2.45) is 17.3 Å². The van der Waals surface area contributed by atoms with E-state index in [0.717, 1.165) is 13.1 Å². The van der Waals surface area contributed by atoms with E-state index < -0.39 is 11.0 Å². The Hall–Kier alpha value is -0.570. The van der Waals surface area contributed by atoms with Gasteiger partial charge in [-0.05, 0) is 39.5 Å². The Morgan fingerprint density at radius 2 is 1.69 bits per heavy atom. The van der Waals surface area contributed by atoms with Crippen LogP contribution in [0.2, 0.25) is 0 Å². The van der Waals surface area contributed by atoms with E-state index in [-0.39, 0.29) is 5.91 Å². The van der Waals surface area contributed by atoms with Crippen molar-refractivity contribution in [3.63, 3.8) is 0 Å². The van der Waals surface area contributed by atoms with E-state index in [1.165, 1.54) is 0 Å². The summed E-state index contributed by atoms with van der Waals surface area (Å²) in [5.41, 5.74) is -1.69. The van der Waals surface area contributed by atoms with Crippen molar-refractivity contribution in [2.75, 3.05) is 13.1 Å². The first-order chi connectivity index (χ1) is 7.07. The highest BCUT2D eigenvalue weighted by Gasteiger charge is 2.47. The number of amides is 1. The summed E-state index contributed by atoms with van der Waals surface area (Å²) in [6, 6.07) is 0. The predicted octanol–water partition coefficient (Wildman–Crippen LogP) is 1.90. The molecule has 0 saturated carbocycles. The lowest BCUT2D eigenvalue weighted by molar-refractivity contribution is -0.161. The van der Waals surface area contributed by atoms with Gasteiger partial charge in [-0.2, -0.15) is 0 Å². The van der Waals surface area contributed by atoms with Crippen LogP contribution in [0.15, 0.2) is 0 Å². The first-order valence-electron chi connectivity index (χ1n) is 6.09. The molecule has 0 aliphatic carbocycles. The molecule has 0 unspecified atom stereocenters. The van der Waals surface area contributed by atoms with Crippen LogP contribution in [-0.2, 0) is 4.79 Å². The van der Waals surface area contributed by atoms with Gasteiger partial charge in [0.2, 0.25) is 5.91 Å². The van der Waals surface area contributed by atoms with Gasteiger partial charge in [-0.3, -0.25) is 4.79 Å². The Balaban J connectivity index is 2.62. The monoisotopic (exact) mass is 227 g/mol. The smallest absolute Gasteiger partial charge is 0.231 e. The number of carbonyl (C=O) groups excluding carboxylic acids is 1. The molecule has 0 aromatic carbocycles. The Bertz CT molecular complexity index is 270. The third-order valence-corrected chi connectivity index (χ3v) is 4.20. The quantitative estimate of drug-likeness (QED) is 0.800. The van der Waals surface area contributed by atoms with Crippen molar-refractivity contribution in [3.8, 4) is 0 Å². The molecule has 3 nitrogen and oxygen atoms in total. The normalized spacial score (nSPS) is 18.9. The van der Waals surface area contributed by atoms with Gasteiger partial charge in [-0.15, -0.1) is 0 Å². The molecule has 0 radical (unpaired) electrons. The zero-order valence-electron chi connectivity index (χ0n) is 11.4. The molecule has 0 aromatic rings. The fourth-order valence-electron chi connectivity index (χ4n) is 1.76. The first-order valence-corrected chi connectivity index (χ1v) is 6.09. The maximum absolute atomic E-state index is 12.2. The van der Waals surface area contributed by atoms with Crippen molar-refractivity contribution < 1.29 is 9.90 Å². The second-order valence-electron chi connectivity index (χ2n) is 6.40. The van der Waals surface area contributed by atoms with Crippen molar-refractivity contribution in [2.45, 2.75) is 47.1 Å². The van der Waals surface area contributed by atoms with E-state index in [2.05, 4.69) is 13.8 Å². The number of hydrogen-bond donors (Lipinski definition) is 1. The number of rotatable bonds is 3. The Morgan fingerprint density at radius 1 is 1.25 bits per heavy atom. The van der Waals surface area contributed by atoms with Crippen LogP contribution in [-0.4, -0.2) is 34.6 Å². The third-order valence-electron chi connectivity index (χ3n) is 4.20. The molecule has 1 N–H and O–H groups in total. The second-order valence-corrected chi connectivity index (χ2v) is 6.40. The maximum atomic E-state index is 12.2. The minimum Gasteiger partial charge on any atom is -0.389 e. The molecular formula is C13H25NO2. The number of nitrogens with zero attached hydrogens (tertiary/aromatic N) is 1. The molecule has 0 bridgehead atoms. The van der Waals surface area contributed by atoms with E-state index >= 15 is 0 Å². The number of carbonyl (C=O) groups is 1. The molecule has 0 aromatic heterocycles. The molecule has 1 aliphatic rings. The van der Waals surface area contributed by atoms with Gasteiger partial charge in [0.25, 0.3) is 0 Å². The maximum Gasteiger partial charge on any atom is 0.231 e. The summed E-state index contributed by atoms with van der Waals surface area (Å²) >= 11 is 0. The van der Waals surface area contributed by atoms with Gasteiger partial charge in [0.15, 0.2) is 0 Å². The lowest BCUT2D eigenvalue weighted by atomic mass is 9.74. The number of aliphatic hydroxyl groups is 1. The Morgan fingerprint density at radius 3 is 2.00 bits per heavy atom. The van der Waals surface area contributed by atoms with Crippen LogP contribution in [0.25, 0.3) is 0 Å². The standard InChI is InChI=1S/C13H25NO2/c1-9(2)10-7-14(8-10)11(15)12(3,4)13(5,6)16/h9-10,16H,7-8H2,1-6H3. The average molecular weight is 227 g/mol. The molecular weight excluding hydrogens is 202 g/mol. The molecule has 1 fully saturated rings. The summed E-state index contributed by atoms with van der Waals surface area (Å²) in [6.45, 7) is 13.1. The van der Waals surface area contributed by atoms with Gasteiger partial charge in [0.05, 0.1) is 11.0 Å². The molecule has 1 saturated heterocycles. The van der Waals surface area contributed by atoms with Crippen LogP contribution in [0.1, 0.15) is 41.5 Å². The van der Waals surface area contributed by atoms with E-state index in [1.807, 2.05) is 18.7 Å². The van der Waals surface area contributed by atoms with Crippen molar-refractivity contribution in [1.29, 1.82) is 0 Å². The lowest BCUT2D eigenvalue weighted by Crippen LogP contribution is -2.59. The first kappa shape index (κ1) is 13.5. The van der Waals surface area contributed by atoms with Gasteiger partial charge in [-0.25, -0.2) is 0 Å². The zero-order chi connectivity index (χ0) is 12.7. The molecule has 1 aliphatic heterocycles. The topological polar surface area (TPSA) is 40.5 Å². The predicted molar refractivity (Wildman–Crippen MR) is 65.0 cm³/mol. The van der Waals surface area contributed by atoms with E-state index in [9.17, 15) is 9.90 Å². The second kappa shape index (κ2) is 4.02. The van der Waals surface area contributed by atoms with E-state index in [1.54, 1.807) is 13.8 Å². The summed E-state index contributed by atoms with van der Waals surface area (Å²) in [7, 11) is 0. The largest absolute Gasteiger partial charge is 0.389 e. The minimum absolute atomic E-state index is 0.0666. The van der Waals surface area contributed by atoms with E-state index in [4.69, 9.17) is 0 Å². The number of likely N-dealkylation sites (tertiary alicyclic amines) is 1. The highest BCUT2D eigenvalue weighted by Crippen LogP contribution is 2.35. The molecule has 94 valence electrons. The van der Waals surface area contributed by atoms with Crippen molar-refractivity contribution in [3.05, 3.63) is 0 Å². The van der Waals surface area contributed by atoms with Crippen LogP contribution in [0, 0.1) is 17.3 Å². The van der Waals surface area contributed by atoms with E-state index in [0.29, 0.717) is 11.8 Å². The molecule has 1 rings (SSSR count). The molecule has 0 atom stereocenters. The van der Waals surface area contributed by atoms with Gasteiger partial charge in [0, 0.05) is 13.1 Å². The zero-order valence-corrected chi connectivity index (χ0v) is 11.4. The van der Waals surface area contributed by atoms with Gasteiger partial charge >= 0.3 is 0 Å². The molecule has 16 heavy (non-hydrogen) atoms. The highest BCUT2D eigenvalue weighted by atomic mass is 16.3. The summed E-state index contributed by atoms with van der Waals surface area (Å²) in [5.74, 6) is 1.33. The van der Waals surface area contributed by atoms with Crippen molar-refractivity contribution >= 4 is 5.91 Å². The summed E-state index contributed by atoms with van der Waals surface area (Å²) < 4.78 is 0. The number of hydrogen-bond acceptors (Lipinski definition) is 2. The fraction of sp³-hybridized carbons (Fsp3) is 0.923. The lowest BCUT2D eigenvalue weighted by Gasteiger charge is -2.47. The van der Waals surface area contributed by atoms with Crippen LogP contribution < -0.4 is 0 Å². The summed E-state index contributed by atoms with van der Waals surface area (Å²) in [6.07, 6.45) is 0. The van der Waals surface area contributed by atoms with Gasteiger partial charge < -0.3 is 10.0 Å². The van der Waals surface area contributed by atoms with Crippen LogP contribution in [0.3, 0.4) is 0 Å². The summed E-state index contributed by atoms with van der Waals surface area (Å²) in [4.78, 5) is 14.1. The van der Waals surface area contributed by atoms with Crippen molar-refractivity contribution in [1.82, 2.24) is 4.90 Å². The molecule has 0 spiro atoms. The molecule has 1 amide bonds. The van der Waals surface area contributed by atoms with Crippen LogP contribution >= 0.6 is 0 Å². The molecule has 3 heteroatoms. The highest BCUT2D eigenvalue weighted by molar-refractivity contribution is 5.83. The SMILES string of the molecule is CC(C)C1CN(C(=O)C(C)(C)C(C)(C)O)C1. The fourth-order valence-corrected chi connectivity index (χ4v) is 1.76. The van der Waals surface area contributed by atoms with Crippen LogP contribution in [0.5, 0.6) is 0 Å².